The first-order valence-electron chi connectivity index (χ1n) is 10.1. The molecule has 0 bridgehead atoms. The maximum atomic E-state index is 12.9. The summed E-state index contributed by atoms with van der Waals surface area (Å²) in [5.74, 6) is -0.925. The van der Waals surface area contributed by atoms with Crippen LogP contribution < -0.4 is 10.6 Å². The summed E-state index contributed by atoms with van der Waals surface area (Å²) >= 11 is 0. The monoisotopic (exact) mass is 463 g/mol. The number of hydrogen-bond acceptors (Lipinski definition) is 4. The number of carbonyl (C=O) groups excluding carboxylic acids is 2. The minimum atomic E-state index is -4.64. The number of benzene rings is 1. The largest absolute Gasteiger partial charge is 0.416 e. The van der Waals surface area contributed by atoms with Gasteiger partial charge in [-0.1, -0.05) is 19.9 Å². The first kappa shape index (κ1) is 25.1. The number of rotatable bonds is 7. The van der Waals surface area contributed by atoms with E-state index in [2.05, 4.69) is 10.6 Å². The van der Waals surface area contributed by atoms with Crippen molar-refractivity contribution >= 4 is 21.8 Å². The van der Waals surface area contributed by atoms with Crippen molar-refractivity contribution in [2.24, 2.45) is 11.8 Å². The molecule has 1 aromatic carbocycles. The van der Waals surface area contributed by atoms with E-state index in [9.17, 15) is 31.2 Å². The molecule has 1 atom stereocenters. The van der Waals surface area contributed by atoms with Crippen LogP contribution in [0.5, 0.6) is 0 Å². The fraction of sp³-hybridized carbons (Fsp3) is 0.600. The van der Waals surface area contributed by atoms with Crippen molar-refractivity contribution in [1.82, 2.24) is 14.9 Å². The maximum absolute atomic E-state index is 12.9. The second-order valence-corrected chi connectivity index (χ2v) is 9.95. The highest BCUT2D eigenvalue weighted by Crippen LogP contribution is 2.32. The van der Waals surface area contributed by atoms with Crippen LogP contribution in [-0.2, 0) is 25.8 Å². The number of amides is 2. The Hall–Kier alpha value is -2.14. The molecule has 1 saturated heterocycles. The zero-order valence-corrected chi connectivity index (χ0v) is 18.5. The zero-order valence-electron chi connectivity index (χ0n) is 17.7. The predicted molar refractivity (Wildman–Crippen MR) is 108 cm³/mol. The Kier molecular flexibility index (Phi) is 8.09. The van der Waals surface area contributed by atoms with Crippen LogP contribution in [0.4, 0.5) is 13.2 Å². The molecule has 1 aliphatic rings. The molecule has 1 heterocycles. The molecule has 2 N–H and O–H groups in total. The van der Waals surface area contributed by atoms with Gasteiger partial charge in [0.2, 0.25) is 21.8 Å². The molecule has 2 amide bonds. The minimum Gasteiger partial charge on any atom is -0.357 e. The van der Waals surface area contributed by atoms with Crippen LogP contribution in [0.15, 0.2) is 29.2 Å². The van der Waals surface area contributed by atoms with E-state index in [1.807, 2.05) is 13.8 Å². The van der Waals surface area contributed by atoms with Gasteiger partial charge in [-0.3, -0.25) is 9.59 Å². The van der Waals surface area contributed by atoms with Gasteiger partial charge in [0.1, 0.15) is 6.04 Å². The van der Waals surface area contributed by atoms with Crippen molar-refractivity contribution in [3.8, 4) is 0 Å². The first-order valence-corrected chi connectivity index (χ1v) is 11.5. The first-order chi connectivity index (χ1) is 14.4. The van der Waals surface area contributed by atoms with Crippen molar-refractivity contribution < 1.29 is 31.2 Å². The lowest BCUT2D eigenvalue weighted by Crippen LogP contribution is -2.50. The van der Waals surface area contributed by atoms with E-state index in [4.69, 9.17) is 0 Å². The van der Waals surface area contributed by atoms with Crippen molar-refractivity contribution in [1.29, 1.82) is 0 Å². The van der Waals surface area contributed by atoms with Crippen molar-refractivity contribution in [2.45, 2.75) is 50.2 Å². The van der Waals surface area contributed by atoms with Gasteiger partial charge in [0.25, 0.3) is 0 Å². The predicted octanol–water partition coefficient (Wildman–Crippen LogP) is 2.38. The Labute approximate surface area is 180 Å². The highest BCUT2D eigenvalue weighted by Gasteiger charge is 2.36. The van der Waals surface area contributed by atoms with Gasteiger partial charge in [-0.05, 0) is 43.4 Å². The SMILES string of the molecule is CNC(=O)C(CC(C)C)NC(=O)C1CCN(S(=O)(=O)c2cccc(C(F)(F)F)c2)CC1. The Morgan fingerprint density at radius 3 is 2.32 bits per heavy atom. The molecule has 0 spiro atoms. The number of likely N-dealkylation sites (N-methyl/N-ethyl adjacent to an activating group) is 1. The Balaban J connectivity index is 2.04. The molecule has 0 radical (unpaired) electrons. The minimum absolute atomic E-state index is 0.00544. The summed E-state index contributed by atoms with van der Waals surface area (Å²) in [7, 11) is -2.63. The number of alkyl halides is 3. The van der Waals surface area contributed by atoms with Gasteiger partial charge < -0.3 is 10.6 Å². The van der Waals surface area contributed by atoms with Crippen molar-refractivity contribution in [3.63, 3.8) is 0 Å². The number of nitrogens with zero attached hydrogens (tertiary/aromatic N) is 1. The molecule has 0 aliphatic carbocycles. The lowest BCUT2D eigenvalue weighted by Gasteiger charge is -2.31. The lowest BCUT2D eigenvalue weighted by molar-refractivity contribution is -0.137. The topological polar surface area (TPSA) is 95.6 Å². The second-order valence-electron chi connectivity index (χ2n) is 8.01. The highest BCUT2D eigenvalue weighted by molar-refractivity contribution is 7.89. The molecule has 0 saturated carbocycles. The van der Waals surface area contributed by atoms with E-state index in [1.54, 1.807) is 0 Å². The molecule has 1 aliphatic heterocycles. The average molecular weight is 464 g/mol. The Bertz CT molecular complexity index is 895. The molecule has 1 fully saturated rings. The smallest absolute Gasteiger partial charge is 0.357 e. The van der Waals surface area contributed by atoms with Gasteiger partial charge in [0.05, 0.1) is 10.5 Å². The summed E-state index contributed by atoms with van der Waals surface area (Å²) in [4.78, 5) is 24.2. The van der Waals surface area contributed by atoms with E-state index < -0.39 is 38.6 Å². The molecule has 1 aromatic rings. The van der Waals surface area contributed by atoms with E-state index in [1.165, 1.54) is 7.05 Å². The normalized spacial score (nSPS) is 17.4. The van der Waals surface area contributed by atoms with Crippen molar-refractivity contribution in [3.05, 3.63) is 29.8 Å². The third kappa shape index (κ3) is 6.42. The van der Waals surface area contributed by atoms with Crippen LogP contribution in [0.3, 0.4) is 0 Å². The molecule has 7 nitrogen and oxygen atoms in total. The summed E-state index contributed by atoms with van der Waals surface area (Å²) in [6.07, 6.45) is -3.75. The molecule has 2 rings (SSSR count). The van der Waals surface area contributed by atoms with Crippen LogP contribution in [-0.4, -0.2) is 50.7 Å². The fourth-order valence-electron chi connectivity index (χ4n) is 3.51. The number of halogens is 3. The molecule has 31 heavy (non-hydrogen) atoms. The Morgan fingerprint density at radius 1 is 1.19 bits per heavy atom. The standard InChI is InChI=1S/C20H28F3N3O4S/c1-13(2)11-17(19(28)24-3)25-18(27)14-7-9-26(10-8-14)31(29,30)16-6-4-5-15(12-16)20(21,22)23/h4-6,12-14,17H,7-11H2,1-3H3,(H,24,28)(H,25,27). The molecule has 0 aromatic heterocycles. The fourth-order valence-corrected chi connectivity index (χ4v) is 5.02. The number of carbonyl (C=O) groups is 2. The van der Waals surface area contributed by atoms with E-state index in [0.717, 1.165) is 22.5 Å². The highest BCUT2D eigenvalue weighted by atomic mass is 32.2. The van der Waals surface area contributed by atoms with Crippen LogP contribution in [0.2, 0.25) is 0 Å². The quantitative estimate of drug-likeness (QED) is 0.649. The number of hydrogen-bond donors (Lipinski definition) is 2. The number of nitrogens with one attached hydrogen (secondary N) is 2. The van der Waals surface area contributed by atoms with Crippen LogP contribution >= 0.6 is 0 Å². The molecule has 11 heteroatoms. The average Bonchev–Trinajstić information content (AvgIpc) is 2.71. The third-order valence-electron chi connectivity index (χ3n) is 5.21. The zero-order chi connectivity index (χ0) is 23.4. The van der Waals surface area contributed by atoms with Gasteiger partial charge in [-0.2, -0.15) is 17.5 Å². The second kappa shape index (κ2) is 9.99. The van der Waals surface area contributed by atoms with Crippen LogP contribution in [0, 0.1) is 11.8 Å². The van der Waals surface area contributed by atoms with Gasteiger partial charge in [0, 0.05) is 26.1 Å². The molecular weight excluding hydrogens is 435 g/mol. The number of piperidine rings is 1. The summed E-state index contributed by atoms with van der Waals surface area (Å²) in [6, 6.07) is 2.94. The van der Waals surface area contributed by atoms with Crippen LogP contribution in [0.1, 0.15) is 38.7 Å². The van der Waals surface area contributed by atoms with Gasteiger partial charge >= 0.3 is 6.18 Å². The molecule has 174 valence electrons. The van der Waals surface area contributed by atoms with Gasteiger partial charge in [-0.15, -0.1) is 0 Å². The maximum Gasteiger partial charge on any atom is 0.416 e. The van der Waals surface area contributed by atoms with Crippen LogP contribution in [0.25, 0.3) is 0 Å². The molecular formula is C20H28F3N3O4S. The van der Waals surface area contributed by atoms with Gasteiger partial charge in [-0.25, -0.2) is 8.42 Å². The van der Waals surface area contributed by atoms with Crippen molar-refractivity contribution in [2.75, 3.05) is 20.1 Å². The molecule has 1 unspecified atom stereocenters. The summed E-state index contributed by atoms with van der Waals surface area (Å²) in [5.41, 5.74) is -1.03. The van der Waals surface area contributed by atoms with Gasteiger partial charge in [0.15, 0.2) is 0 Å². The third-order valence-corrected chi connectivity index (χ3v) is 7.10. The summed E-state index contributed by atoms with van der Waals surface area (Å²) in [6.45, 7) is 3.87. The lowest BCUT2D eigenvalue weighted by atomic mass is 9.95. The summed E-state index contributed by atoms with van der Waals surface area (Å²) < 4.78 is 65.4. The number of sulfonamides is 1. The summed E-state index contributed by atoms with van der Waals surface area (Å²) in [5, 5.41) is 5.25. The Morgan fingerprint density at radius 2 is 1.81 bits per heavy atom. The van der Waals surface area contributed by atoms with E-state index in [-0.39, 0.29) is 43.7 Å². The van der Waals surface area contributed by atoms with E-state index >= 15 is 0 Å². The van der Waals surface area contributed by atoms with E-state index in [0.29, 0.717) is 12.5 Å².